The minimum absolute atomic E-state index is 0.0185. The summed E-state index contributed by atoms with van der Waals surface area (Å²) in [7, 11) is 0. The van der Waals surface area contributed by atoms with Crippen molar-refractivity contribution in [3.05, 3.63) is 24.3 Å². The number of aliphatic hydroxyl groups excluding tert-OH is 2. The van der Waals surface area contributed by atoms with Crippen LogP contribution < -0.4 is 5.32 Å². The summed E-state index contributed by atoms with van der Waals surface area (Å²) < 4.78 is 5.45. The molecular weight excluding hydrogens is 707 g/mol. The maximum absolute atomic E-state index is 12.4. The van der Waals surface area contributed by atoms with Crippen molar-refractivity contribution in [1.29, 1.82) is 0 Å². The van der Waals surface area contributed by atoms with E-state index >= 15 is 0 Å². The number of carbonyl (C=O) groups excluding carboxylic acids is 2. The van der Waals surface area contributed by atoms with Crippen molar-refractivity contribution in [2.24, 2.45) is 0 Å². The zero-order valence-corrected chi connectivity index (χ0v) is 38.1. The van der Waals surface area contributed by atoms with Gasteiger partial charge in [0.05, 0.1) is 25.4 Å². The van der Waals surface area contributed by atoms with Crippen LogP contribution in [-0.4, -0.2) is 47.4 Å². The first-order valence-electron chi connectivity index (χ1n) is 25.1. The van der Waals surface area contributed by atoms with Gasteiger partial charge in [-0.25, -0.2) is 0 Å². The molecule has 6 nitrogen and oxygen atoms in total. The number of aliphatic hydroxyl groups is 2. The molecule has 1 amide bonds. The average Bonchev–Trinajstić information content (AvgIpc) is 3.21. The van der Waals surface area contributed by atoms with E-state index in [1.807, 2.05) is 0 Å². The molecule has 336 valence electrons. The van der Waals surface area contributed by atoms with E-state index in [1.165, 1.54) is 161 Å². The molecule has 0 saturated heterocycles. The molecule has 0 bridgehead atoms. The Kier molecular flexibility index (Phi) is 45.7. The van der Waals surface area contributed by atoms with Crippen LogP contribution in [0.1, 0.15) is 264 Å². The van der Waals surface area contributed by atoms with Gasteiger partial charge in [0.2, 0.25) is 5.91 Å². The summed E-state index contributed by atoms with van der Waals surface area (Å²) in [6.07, 6.45) is 54.3. The van der Waals surface area contributed by atoms with Crippen LogP contribution in [0.15, 0.2) is 24.3 Å². The molecule has 0 aliphatic carbocycles. The highest BCUT2D eigenvalue weighted by molar-refractivity contribution is 5.76. The van der Waals surface area contributed by atoms with Gasteiger partial charge in [-0.2, -0.15) is 0 Å². The van der Waals surface area contributed by atoms with Crippen LogP contribution >= 0.6 is 0 Å². The molecule has 0 saturated carbocycles. The first kappa shape index (κ1) is 55.3. The Labute approximate surface area is 354 Å². The summed E-state index contributed by atoms with van der Waals surface area (Å²) in [5.41, 5.74) is 0. The molecule has 0 spiro atoms. The Balaban J connectivity index is 3.46. The van der Waals surface area contributed by atoms with Gasteiger partial charge in [0.15, 0.2) is 0 Å². The molecule has 0 heterocycles. The second-order valence-corrected chi connectivity index (χ2v) is 17.1. The van der Waals surface area contributed by atoms with E-state index in [-0.39, 0.29) is 18.5 Å². The van der Waals surface area contributed by atoms with Crippen LogP contribution in [0.4, 0.5) is 0 Å². The van der Waals surface area contributed by atoms with Gasteiger partial charge in [0.25, 0.3) is 0 Å². The smallest absolute Gasteiger partial charge is 0.305 e. The first-order valence-corrected chi connectivity index (χ1v) is 25.1. The van der Waals surface area contributed by atoms with Gasteiger partial charge >= 0.3 is 5.97 Å². The number of rotatable bonds is 46. The number of unbranched alkanes of at least 4 members (excludes halogenated alkanes) is 31. The molecule has 3 N–H and O–H groups in total. The normalized spacial score (nSPS) is 12.8. The molecule has 0 rings (SSSR count). The lowest BCUT2D eigenvalue weighted by molar-refractivity contribution is -0.143. The standard InChI is InChI=1S/C51H97NO5/c1-3-5-7-9-11-13-15-16-18-22-25-29-33-37-41-45-51(56)57-46-42-38-34-30-26-23-20-17-19-21-24-28-32-36-40-44-50(55)52-48(47-53)49(54)43-39-35-31-27-14-12-10-8-6-4-2/h16,18,20,23,48-49,53-54H,3-15,17,19,21-22,24-47H2,1-2H3,(H,52,55)/b18-16-,23-20-. The number of esters is 1. The fraction of sp³-hybridized carbons (Fsp3) is 0.882. The first-order chi connectivity index (χ1) is 28.0. The van der Waals surface area contributed by atoms with Crippen molar-refractivity contribution in [1.82, 2.24) is 5.32 Å². The second-order valence-electron chi connectivity index (χ2n) is 17.1. The van der Waals surface area contributed by atoms with E-state index in [2.05, 4.69) is 43.5 Å². The average molecular weight is 804 g/mol. The molecule has 0 aliphatic rings. The third kappa shape index (κ3) is 43.7. The number of nitrogens with one attached hydrogen (secondary N) is 1. The predicted octanol–water partition coefficient (Wildman–Crippen LogP) is 14.7. The number of carbonyl (C=O) groups is 2. The Morgan fingerprint density at radius 1 is 0.474 bits per heavy atom. The van der Waals surface area contributed by atoms with E-state index in [0.717, 1.165) is 70.6 Å². The molecule has 0 radical (unpaired) electrons. The van der Waals surface area contributed by atoms with Crippen LogP contribution in [-0.2, 0) is 14.3 Å². The number of allylic oxidation sites excluding steroid dienone is 4. The lowest BCUT2D eigenvalue weighted by Gasteiger charge is -2.22. The SMILES string of the molecule is CCCCCCCC/C=C\CCCCCCCC(=O)OCCCCCC/C=C\CCCCCCCCCC(=O)NC(CO)C(O)CCCCCCCCCCCC. The van der Waals surface area contributed by atoms with Gasteiger partial charge < -0.3 is 20.3 Å². The Bertz CT molecular complexity index is 889. The van der Waals surface area contributed by atoms with Crippen molar-refractivity contribution in [2.45, 2.75) is 276 Å². The van der Waals surface area contributed by atoms with Gasteiger partial charge in [-0.1, -0.05) is 199 Å². The summed E-state index contributed by atoms with van der Waals surface area (Å²) in [5.74, 6) is -0.0713. The molecule has 0 aliphatic heterocycles. The minimum Gasteiger partial charge on any atom is -0.466 e. The van der Waals surface area contributed by atoms with Crippen molar-refractivity contribution >= 4 is 11.9 Å². The van der Waals surface area contributed by atoms with Gasteiger partial charge in [-0.05, 0) is 77.0 Å². The molecule has 2 unspecified atom stereocenters. The molecule has 0 fully saturated rings. The van der Waals surface area contributed by atoms with E-state index in [1.54, 1.807) is 0 Å². The summed E-state index contributed by atoms with van der Waals surface area (Å²) in [6.45, 7) is 4.89. The van der Waals surface area contributed by atoms with Gasteiger partial charge in [0.1, 0.15) is 0 Å². The van der Waals surface area contributed by atoms with Gasteiger partial charge in [-0.3, -0.25) is 9.59 Å². The molecule has 0 aromatic carbocycles. The van der Waals surface area contributed by atoms with E-state index in [4.69, 9.17) is 4.74 Å². The second kappa shape index (κ2) is 47.0. The van der Waals surface area contributed by atoms with Crippen molar-refractivity contribution in [3.8, 4) is 0 Å². The summed E-state index contributed by atoms with van der Waals surface area (Å²) >= 11 is 0. The zero-order chi connectivity index (χ0) is 41.5. The quantitative estimate of drug-likeness (QED) is 0.0324. The lowest BCUT2D eigenvalue weighted by atomic mass is 10.0. The molecule has 6 heteroatoms. The lowest BCUT2D eigenvalue weighted by Crippen LogP contribution is -2.45. The summed E-state index contributed by atoms with van der Waals surface area (Å²) in [5, 5.41) is 23.1. The van der Waals surface area contributed by atoms with E-state index < -0.39 is 12.1 Å². The largest absolute Gasteiger partial charge is 0.466 e. The maximum Gasteiger partial charge on any atom is 0.305 e. The topological polar surface area (TPSA) is 95.9 Å². The summed E-state index contributed by atoms with van der Waals surface area (Å²) in [4.78, 5) is 24.4. The number of amides is 1. The Hall–Kier alpha value is -1.66. The minimum atomic E-state index is -0.672. The highest BCUT2D eigenvalue weighted by atomic mass is 16.5. The van der Waals surface area contributed by atoms with Crippen molar-refractivity contribution in [2.75, 3.05) is 13.2 Å². The molecule has 0 aromatic rings. The van der Waals surface area contributed by atoms with Crippen LogP contribution in [0.2, 0.25) is 0 Å². The fourth-order valence-corrected chi connectivity index (χ4v) is 7.57. The molecular formula is C51H97NO5. The molecule has 57 heavy (non-hydrogen) atoms. The van der Waals surface area contributed by atoms with Crippen LogP contribution in [0, 0.1) is 0 Å². The van der Waals surface area contributed by atoms with Crippen LogP contribution in [0.5, 0.6) is 0 Å². The Morgan fingerprint density at radius 2 is 0.825 bits per heavy atom. The fourth-order valence-electron chi connectivity index (χ4n) is 7.57. The van der Waals surface area contributed by atoms with Crippen LogP contribution in [0.3, 0.4) is 0 Å². The van der Waals surface area contributed by atoms with Crippen molar-refractivity contribution in [3.63, 3.8) is 0 Å². The monoisotopic (exact) mass is 804 g/mol. The summed E-state index contributed by atoms with van der Waals surface area (Å²) in [6, 6.07) is -0.551. The molecule has 2 atom stereocenters. The number of hydrogen-bond acceptors (Lipinski definition) is 5. The third-order valence-electron chi connectivity index (χ3n) is 11.5. The highest BCUT2D eigenvalue weighted by Gasteiger charge is 2.20. The molecule has 0 aromatic heterocycles. The number of ether oxygens (including phenoxy) is 1. The van der Waals surface area contributed by atoms with E-state index in [9.17, 15) is 19.8 Å². The van der Waals surface area contributed by atoms with Crippen molar-refractivity contribution < 1.29 is 24.5 Å². The van der Waals surface area contributed by atoms with Gasteiger partial charge in [-0.15, -0.1) is 0 Å². The number of hydrogen-bond donors (Lipinski definition) is 3. The Morgan fingerprint density at radius 3 is 1.25 bits per heavy atom. The van der Waals surface area contributed by atoms with Gasteiger partial charge in [0, 0.05) is 12.8 Å². The third-order valence-corrected chi connectivity index (χ3v) is 11.5. The van der Waals surface area contributed by atoms with E-state index in [0.29, 0.717) is 25.9 Å². The predicted molar refractivity (Wildman–Crippen MR) is 246 cm³/mol. The zero-order valence-electron chi connectivity index (χ0n) is 38.1. The van der Waals surface area contributed by atoms with Crippen LogP contribution in [0.25, 0.3) is 0 Å². The maximum atomic E-state index is 12.4. The highest BCUT2D eigenvalue weighted by Crippen LogP contribution is 2.15.